The summed E-state index contributed by atoms with van der Waals surface area (Å²) in [6, 6.07) is -0.0819. The molecule has 1 atom stereocenters. The van der Waals surface area contributed by atoms with E-state index in [9.17, 15) is 9.59 Å². The standard InChI is InChI=1S/C10H17NO3/c1-4-5-9(12)11-8(7(2)3)6-14-10(11)13/h7-8H,4-6H2,1-3H3. The summed E-state index contributed by atoms with van der Waals surface area (Å²) in [6.45, 7) is 6.23. The molecule has 14 heavy (non-hydrogen) atoms. The molecule has 1 saturated heterocycles. The number of carbonyl (C=O) groups excluding carboxylic acids is 2. The van der Waals surface area contributed by atoms with Crippen molar-refractivity contribution < 1.29 is 14.3 Å². The van der Waals surface area contributed by atoms with E-state index >= 15 is 0 Å². The molecule has 0 aromatic carbocycles. The first-order valence-electron chi connectivity index (χ1n) is 5.06. The third-order valence-electron chi connectivity index (χ3n) is 2.41. The lowest BCUT2D eigenvalue weighted by Crippen LogP contribution is -2.41. The van der Waals surface area contributed by atoms with Crippen LogP contribution in [0.1, 0.15) is 33.6 Å². The predicted octanol–water partition coefficient (Wildman–Crippen LogP) is 1.79. The minimum absolute atomic E-state index is 0.0819. The number of imide groups is 1. The molecule has 0 aliphatic carbocycles. The molecule has 1 rings (SSSR count). The quantitative estimate of drug-likeness (QED) is 0.696. The van der Waals surface area contributed by atoms with Gasteiger partial charge in [-0.15, -0.1) is 0 Å². The van der Waals surface area contributed by atoms with Gasteiger partial charge in [0.05, 0.1) is 6.04 Å². The molecule has 0 radical (unpaired) electrons. The molecule has 0 saturated carbocycles. The molecule has 4 nitrogen and oxygen atoms in total. The summed E-state index contributed by atoms with van der Waals surface area (Å²) < 4.78 is 4.87. The number of hydrogen-bond acceptors (Lipinski definition) is 3. The number of ether oxygens (including phenoxy) is 1. The zero-order chi connectivity index (χ0) is 10.7. The highest BCUT2D eigenvalue weighted by molar-refractivity contribution is 5.93. The van der Waals surface area contributed by atoms with Crippen LogP contribution in [0.2, 0.25) is 0 Å². The van der Waals surface area contributed by atoms with Crippen molar-refractivity contribution in [2.75, 3.05) is 6.61 Å². The summed E-state index contributed by atoms with van der Waals surface area (Å²) in [5.41, 5.74) is 0. The second-order valence-corrected chi connectivity index (χ2v) is 3.90. The molecular formula is C10H17NO3. The average Bonchev–Trinajstić information content (AvgIpc) is 2.47. The highest BCUT2D eigenvalue weighted by Crippen LogP contribution is 2.20. The number of carbonyl (C=O) groups is 2. The third-order valence-corrected chi connectivity index (χ3v) is 2.41. The van der Waals surface area contributed by atoms with E-state index in [0.717, 1.165) is 6.42 Å². The van der Waals surface area contributed by atoms with E-state index in [-0.39, 0.29) is 17.9 Å². The van der Waals surface area contributed by atoms with Crippen LogP contribution >= 0.6 is 0 Å². The molecule has 1 heterocycles. The molecule has 1 aliphatic rings. The number of cyclic esters (lactones) is 1. The van der Waals surface area contributed by atoms with Crippen LogP contribution in [-0.4, -0.2) is 29.5 Å². The van der Waals surface area contributed by atoms with Gasteiger partial charge in [-0.25, -0.2) is 9.69 Å². The molecule has 4 heteroatoms. The van der Waals surface area contributed by atoms with Gasteiger partial charge in [-0.05, 0) is 12.3 Å². The second kappa shape index (κ2) is 4.44. The molecule has 1 aliphatic heterocycles. The summed E-state index contributed by atoms with van der Waals surface area (Å²) >= 11 is 0. The Morgan fingerprint density at radius 2 is 2.29 bits per heavy atom. The number of rotatable bonds is 3. The Balaban J connectivity index is 2.71. The Morgan fingerprint density at radius 1 is 1.64 bits per heavy atom. The van der Waals surface area contributed by atoms with Gasteiger partial charge in [-0.3, -0.25) is 4.79 Å². The smallest absolute Gasteiger partial charge is 0.416 e. The fourth-order valence-electron chi connectivity index (χ4n) is 1.55. The minimum Gasteiger partial charge on any atom is -0.447 e. The summed E-state index contributed by atoms with van der Waals surface area (Å²) in [5.74, 6) is 0.135. The van der Waals surface area contributed by atoms with Crippen LogP contribution in [0.3, 0.4) is 0 Å². The van der Waals surface area contributed by atoms with Gasteiger partial charge < -0.3 is 4.74 Å². The molecular weight excluding hydrogens is 182 g/mol. The van der Waals surface area contributed by atoms with E-state index in [1.807, 2.05) is 20.8 Å². The minimum atomic E-state index is -0.484. The normalized spacial score (nSPS) is 21.6. The largest absolute Gasteiger partial charge is 0.447 e. The van der Waals surface area contributed by atoms with Crippen LogP contribution in [0.4, 0.5) is 4.79 Å². The Bertz CT molecular complexity index is 238. The third kappa shape index (κ3) is 2.05. The van der Waals surface area contributed by atoms with E-state index < -0.39 is 6.09 Å². The molecule has 0 bridgehead atoms. The van der Waals surface area contributed by atoms with Gasteiger partial charge in [0.25, 0.3) is 0 Å². The molecule has 80 valence electrons. The van der Waals surface area contributed by atoms with Crippen molar-refractivity contribution >= 4 is 12.0 Å². The molecule has 1 fully saturated rings. The Hall–Kier alpha value is -1.06. The first-order valence-corrected chi connectivity index (χ1v) is 5.06. The van der Waals surface area contributed by atoms with Gasteiger partial charge in [0.1, 0.15) is 6.61 Å². The summed E-state index contributed by atoms with van der Waals surface area (Å²) in [7, 11) is 0. The van der Waals surface area contributed by atoms with Gasteiger partial charge in [0, 0.05) is 6.42 Å². The monoisotopic (exact) mass is 199 g/mol. The van der Waals surface area contributed by atoms with Gasteiger partial charge in [0.2, 0.25) is 5.91 Å². The number of hydrogen-bond donors (Lipinski definition) is 0. The average molecular weight is 199 g/mol. The van der Waals surface area contributed by atoms with E-state index in [1.54, 1.807) is 0 Å². The highest BCUT2D eigenvalue weighted by atomic mass is 16.6. The van der Waals surface area contributed by atoms with Crippen molar-refractivity contribution in [3.8, 4) is 0 Å². The van der Waals surface area contributed by atoms with Gasteiger partial charge in [-0.2, -0.15) is 0 Å². The lowest BCUT2D eigenvalue weighted by Gasteiger charge is -2.22. The maximum atomic E-state index is 11.6. The van der Waals surface area contributed by atoms with Crippen LogP contribution in [-0.2, 0) is 9.53 Å². The maximum Gasteiger partial charge on any atom is 0.416 e. The Morgan fingerprint density at radius 3 is 2.79 bits per heavy atom. The van der Waals surface area contributed by atoms with Crippen LogP contribution < -0.4 is 0 Å². The predicted molar refractivity (Wildman–Crippen MR) is 51.7 cm³/mol. The SMILES string of the molecule is CCCC(=O)N1C(=O)OCC1C(C)C. The highest BCUT2D eigenvalue weighted by Gasteiger charge is 2.38. The van der Waals surface area contributed by atoms with Crippen molar-refractivity contribution in [2.45, 2.75) is 39.7 Å². The van der Waals surface area contributed by atoms with E-state index in [2.05, 4.69) is 0 Å². The molecule has 1 unspecified atom stereocenters. The lowest BCUT2D eigenvalue weighted by atomic mass is 10.0. The number of nitrogens with zero attached hydrogens (tertiary/aromatic N) is 1. The van der Waals surface area contributed by atoms with E-state index in [4.69, 9.17) is 4.74 Å². The summed E-state index contributed by atoms with van der Waals surface area (Å²) in [4.78, 5) is 24.2. The summed E-state index contributed by atoms with van der Waals surface area (Å²) in [5, 5.41) is 0. The van der Waals surface area contributed by atoms with Crippen molar-refractivity contribution in [2.24, 2.45) is 5.92 Å². The van der Waals surface area contributed by atoms with Crippen molar-refractivity contribution in [3.05, 3.63) is 0 Å². The zero-order valence-corrected chi connectivity index (χ0v) is 8.95. The maximum absolute atomic E-state index is 11.6. The van der Waals surface area contributed by atoms with Crippen LogP contribution in [0.5, 0.6) is 0 Å². The van der Waals surface area contributed by atoms with Gasteiger partial charge >= 0.3 is 6.09 Å². The molecule has 0 aromatic rings. The second-order valence-electron chi connectivity index (χ2n) is 3.90. The molecule has 0 spiro atoms. The van der Waals surface area contributed by atoms with Gasteiger partial charge in [-0.1, -0.05) is 20.8 Å². The summed E-state index contributed by atoms with van der Waals surface area (Å²) in [6.07, 6.45) is 0.688. The van der Waals surface area contributed by atoms with E-state index in [1.165, 1.54) is 4.90 Å². The van der Waals surface area contributed by atoms with Crippen molar-refractivity contribution in [1.29, 1.82) is 0 Å². The first kappa shape index (κ1) is 11.0. The topological polar surface area (TPSA) is 46.6 Å². The van der Waals surface area contributed by atoms with Crippen molar-refractivity contribution in [1.82, 2.24) is 4.90 Å². The van der Waals surface area contributed by atoms with Crippen LogP contribution in [0, 0.1) is 5.92 Å². The fourth-order valence-corrected chi connectivity index (χ4v) is 1.55. The first-order chi connectivity index (χ1) is 6.57. The Kier molecular flexibility index (Phi) is 3.49. The molecule has 0 N–H and O–H groups in total. The van der Waals surface area contributed by atoms with Crippen LogP contribution in [0.25, 0.3) is 0 Å². The zero-order valence-electron chi connectivity index (χ0n) is 8.95. The number of amides is 2. The van der Waals surface area contributed by atoms with Gasteiger partial charge in [0.15, 0.2) is 0 Å². The lowest BCUT2D eigenvalue weighted by molar-refractivity contribution is -0.129. The van der Waals surface area contributed by atoms with E-state index in [0.29, 0.717) is 13.0 Å². The Labute approximate surface area is 84.2 Å². The van der Waals surface area contributed by atoms with Crippen LogP contribution in [0.15, 0.2) is 0 Å². The van der Waals surface area contributed by atoms with Crippen molar-refractivity contribution in [3.63, 3.8) is 0 Å². The fraction of sp³-hybridized carbons (Fsp3) is 0.800. The molecule has 0 aromatic heterocycles. The molecule has 2 amide bonds.